The minimum Gasteiger partial charge on any atom is -0.543 e. The molecule has 2 aromatic carbocycles. The Morgan fingerprint density at radius 3 is 2.11 bits per heavy atom. The van der Waals surface area contributed by atoms with Crippen LogP contribution in [0, 0.1) is 17.3 Å². The normalized spacial score (nSPS) is 28.2. The van der Waals surface area contributed by atoms with Gasteiger partial charge in [-0.3, -0.25) is 0 Å². The monoisotopic (exact) mass is 699 g/mol. The van der Waals surface area contributed by atoms with E-state index in [1.807, 2.05) is 0 Å². The third-order valence-electron chi connectivity index (χ3n) is 12.7. The predicted octanol–water partition coefficient (Wildman–Crippen LogP) is 8.80. The van der Waals surface area contributed by atoms with E-state index in [1.54, 1.807) is 0 Å². The van der Waals surface area contributed by atoms with Crippen molar-refractivity contribution >= 4 is 32.6 Å². The Morgan fingerprint density at radius 1 is 0.915 bits per heavy atom. The Balaban J connectivity index is 1.43. The van der Waals surface area contributed by atoms with Gasteiger partial charge >= 0.3 is 5.97 Å². The van der Waals surface area contributed by atoms with Crippen molar-refractivity contribution in [1.29, 1.82) is 0 Å². The molecule has 0 aromatic heterocycles. The van der Waals surface area contributed by atoms with Gasteiger partial charge in [0.05, 0.1) is 16.6 Å². The summed E-state index contributed by atoms with van der Waals surface area (Å²) in [6, 6.07) is 12.5. The van der Waals surface area contributed by atoms with Crippen molar-refractivity contribution < 1.29 is 26.8 Å². The molecule has 0 spiro atoms. The predicted molar refractivity (Wildman–Crippen MR) is 193 cm³/mol. The van der Waals surface area contributed by atoms with E-state index in [0.717, 1.165) is 37.9 Å². The van der Waals surface area contributed by atoms with Crippen LogP contribution in [0.25, 0.3) is 0 Å². The first-order chi connectivity index (χ1) is 21.4. The lowest BCUT2D eigenvalue weighted by Gasteiger charge is -2.50. The first-order valence-electron chi connectivity index (χ1n) is 17.3. The minimum absolute atomic E-state index is 0.0102. The van der Waals surface area contributed by atoms with E-state index in [-0.39, 0.29) is 26.5 Å². The Morgan fingerprint density at radius 2 is 1.53 bits per heavy atom. The summed E-state index contributed by atoms with van der Waals surface area (Å²) in [7, 11) is -7.99. The van der Waals surface area contributed by atoms with E-state index in [9.17, 15) is 13.2 Å². The lowest BCUT2D eigenvalue weighted by atomic mass is 9.55. The van der Waals surface area contributed by atoms with Crippen LogP contribution in [-0.2, 0) is 25.6 Å². The summed E-state index contributed by atoms with van der Waals surface area (Å²) in [5.41, 5.74) is 2.96. The minimum atomic E-state index is -3.86. The summed E-state index contributed by atoms with van der Waals surface area (Å²) in [4.78, 5) is 13.6. The molecule has 0 amide bonds. The fourth-order valence-electron chi connectivity index (χ4n) is 7.85. The average molecular weight is 700 g/mol. The highest BCUT2D eigenvalue weighted by Gasteiger charge is 2.61. The Kier molecular flexibility index (Phi) is 9.35. The highest BCUT2D eigenvalue weighted by Crippen LogP contribution is 2.63. The molecular formula is C37H57NO6SSi2. The van der Waals surface area contributed by atoms with Gasteiger partial charge in [0.25, 0.3) is 0 Å². The zero-order chi connectivity index (χ0) is 35.0. The van der Waals surface area contributed by atoms with Crippen molar-refractivity contribution in [1.82, 2.24) is 0 Å². The van der Waals surface area contributed by atoms with Crippen LogP contribution in [-0.4, -0.2) is 43.2 Å². The fraction of sp³-hybridized carbons (Fsp3) is 0.649. The molecule has 0 bridgehead atoms. The largest absolute Gasteiger partial charge is 0.543 e. The summed E-state index contributed by atoms with van der Waals surface area (Å²) in [5.74, 6) is 1.85. The number of hydrogen-bond acceptors (Lipinski definition) is 6. The van der Waals surface area contributed by atoms with Crippen molar-refractivity contribution in [2.45, 2.75) is 140 Å². The summed E-state index contributed by atoms with van der Waals surface area (Å²) < 4.78 is 43.9. The van der Waals surface area contributed by atoms with Gasteiger partial charge in [-0.25, -0.2) is 18.4 Å². The Labute approximate surface area is 285 Å². The van der Waals surface area contributed by atoms with Crippen LogP contribution in [0.3, 0.4) is 0 Å². The lowest BCUT2D eigenvalue weighted by Crippen LogP contribution is -2.50. The maximum atomic E-state index is 13.7. The number of aryl methyl sites for hydroxylation is 1. The van der Waals surface area contributed by atoms with Crippen LogP contribution in [0.4, 0.5) is 0 Å². The second-order valence-corrected chi connectivity index (χ2v) is 28.8. The van der Waals surface area contributed by atoms with Crippen LogP contribution in [0.2, 0.25) is 36.3 Å². The van der Waals surface area contributed by atoms with Gasteiger partial charge in [-0.2, -0.15) is 0 Å². The molecule has 3 aliphatic carbocycles. The van der Waals surface area contributed by atoms with Crippen LogP contribution < -0.4 is 9.56 Å². The number of rotatable bonds is 7. The average Bonchev–Trinajstić information content (AvgIpc) is 3.21. The summed E-state index contributed by atoms with van der Waals surface area (Å²) in [6.45, 7) is 25.0. The fourth-order valence-corrected chi connectivity index (χ4v) is 10.7. The van der Waals surface area contributed by atoms with Gasteiger partial charge in [0, 0.05) is 5.41 Å². The SMILES string of the molecule is CC(C)(C)[Si](C)(C)Oc1ccc2c(c1)CCC1C2CC[C@@]2(C)C1C[C@@H](O[Si](C)(C)C(C)(C)C)[C@@H]2OC(=O)c1ccc(S(N)(=O)=O)cc1. The number of sulfonamides is 1. The molecule has 6 atom stereocenters. The zero-order valence-electron chi connectivity index (χ0n) is 30.4. The van der Waals surface area contributed by atoms with E-state index in [0.29, 0.717) is 23.3 Å². The van der Waals surface area contributed by atoms with Crippen molar-refractivity contribution in [3.8, 4) is 5.75 Å². The number of nitrogens with two attached hydrogens (primary N) is 1. The molecule has 2 saturated carbocycles. The lowest BCUT2D eigenvalue weighted by molar-refractivity contribution is -0.0651. The molecule has 0 aliphatic heterocycles. The first kappa shape index (κ1) is 36.3. The molecule has 7 nitrogen and oxygen atoms in total. The van der Waals surface area contributed by atoms with Gasteiger partial charge in [0.1, 0.15) is 11.9 Å². The van der Waals surface area contributed by atoms with Crippen LogP contribution in [0.15, 0.2) is 47.4 Å². The molecule has 260 valence electrons. The number of fused-ring (bicyclic) bond motifs is 5. The molecule has 0 radical (unpaired) electrons. The second kappa shape index (κ2) is 12.1. The summed E-state index contributed by atoms with van der Waals surface area (Å²) in [6.07, 6.45) is 4.39. The Bertz CT molecular complexity index is 1610. The Hall–Kier alpha value is -1.99. The van der Waals surface area contributed by atoms with E-state index in [1.165, 1.54) is 35.4 Å². The molecule has 0 heterocycles. The number of carbonyl (C=O) groups is 1. The van der Waals surface area contributed by atoms with E-state index in [4.69, 9.17) is 18.7 Å². The molecule has 2 fully saturated rings. The van der Waals surface area contributed by atoms with E-state index >= 15 is 0 Å². The number of esters is 1. The summed E-state index contributed by atoms with van der Waals surface area (Å²) in [5, 5.41) is 5.44. The van der Waals surface area contributed by atoms with Crippen molar-refractivity contribution in [3.63, 3.8) is 0 Å². The van der Waals surface area contributed by atoms with Crippen LogP contribution in [0.5, 0.6) is 5.75 Å². The molecule has 47 heavy (non-hydrogen) atoms. The van der Waals surface area contributed by atoms with E-state index in [2.05, 4.69) is 92.9 Å². The van der Waals surface area contributed by atoms with Gasteiger partial charge in [-0.05, 0) is 134 Å². The van der Waals surface area contributed by atoms with Crippen LogP contribution in [0.1, 0.15) is 102 Å². The molecule has 0 saturated heterocycles. The molecule has 3 unspecified atom stereocenters. The van der Waals surface area contributed by atoms with Crippen LogP contribution >= 0.6 is 0 Å². The summed E-state index contributed by atoms with van der Waals surface area (Å²) >= 11 is 0. The molecule has 2 N–H and O–H groups in total. The second-order valence-electron chi connectivity index (χ2n) is 17.7. The molecule has 2 aromatic rings. The smallest absolute Gasteiger partial charge is 0.338 e. The van der Waals surface area contributed by atoms with Crippen molar-refractivity contribution in [3.05, 3.63) is 59.2 Å². The van der Waals surface area contributed by atoms with Crippen molar-refractivity contribution in [2.24, 2.45) is 22.4 Å². The first-order valence-corrected chi connectivity index (χ1v) is 24.6. The van der Waals surface area contributed by atoms with Crippen molar-refractivity contribution in [2.75, 3.05) is 0 Å². The molecule has 3 aliphatic rings. The molecular weight excluding hydrogens is 643 g/mol. The number of carbonyl (C=O) groups excluding carboxylic acids is 1. The molecule has 10 heteroatoms. The quantitative estimate of drug-likeness (QED) is 0.229. The number of ether oxygens (including phenoxy) is 1. The van der Waals surface area contributed by atoms with E-state index < -0.39 is 38.7 Å². The van der Waals surface area contributed by atoms with Gasteiger partial charge in [0.15, 0.2) is 8.32 Å². The third kappa shape index (κ3) is 6.91. The standard InChI is InChI=1S/C37H57NO6SSi2/c1-35(2,3)46(8,9)43-26-15-19-28-25(22-26)14-18-30-29(28)20-21-37(7)31(30)23-32(44-47(10,11)36(4,5)6)33(37)42-34(39)24-12-16-27(17-13-24)45(38,40)41/h12-13,15-17,19,22,29-33H,14,18,20-21,23H2,1-11H3,(H2,38,40,41)/t29?,30?,31?,32-,33+,37+/m1/s1. The van der Waals surface area contributed by atoms with Gasteiger partial charge in [-0.15, -0.1) is 0 Å². The topological polar surface area (TPSA) is 105 Å². The number of benzene rings is 2. The van der Waals surface area contributed by atoms with Gasteiger partial charge < -0.3 is 13.6 Å². The molecule has 5 rings (SSSR count). The maximum absolute atomic E-state index is 13.7. The van der Waals surface area contributed by atoms with Gasteiger partial charge in [-0.1, -0.05) is 54.5 Å². The third-order valence-corrected chi connectivity index (χ3v) is 22.5. The number of hydrogen-bond donors (Lipinski definition) is 1. The number of primary sulfonamides is 1. The highest BCUT2D eigenvalue weighted by molar-refractivity contribution is 7.89. The highest BCUT2D eigenvalue weighted by atomic mass is 32.2. The zero-order valence-corrected chi connectivity index (χ0v) is 33.2. The van der Waals surface area contributed by atoms with Gasteiger partial charge in [0.2, 0.25) is 18.3 Å². The maximum Gasteiger partial charge on any atom is 0.338 e.